The van der Waals surface area contributed by atoms with Gasteiger partial charge < -0.3 is 19.7 Å². The monoisotopic (exact) mass is 307 g/mol. The Hall–Kier alpha value is -1.96. The zero-order valence-electron chi connectivity index (χ0n) is 12.8. The first kappa shape index (κ1) is 16.4. The second-order valence-electron chi connectivity index (χ2n) is 4.86. The molecule has 2 aromatic rings. The van der Waals surface area contributed by atoms with Gasteiger partial charge >= 0.3 is 0 Å². The first-order valence-electron chi connectivity index (χ1n) is 7.11. The minimum atomic E-state index is -1.64. The van der Waals surface area contributed by atoms with Crippen molar-refractivity contribution in [1.82, 2.24) is 15.0 Å². The van der Waals surface area contributed by atoms with Crippen LogP contribution in [0.1, 0.15) is 30.5 Å². The van der Waals surface area contributed by atoms with E-state index in [1.807, 2.05) is 24.3 Å². The van der Waals surface area contributed by atoms with Crippen molar-refractivity contribution in [3.05, 3.63) is 35.7 Å². The van der Waals surface area contributed by atoms with Gasteiger partial charge in [-0.2, -0.15) is 0 Å². The number of benzene rings is 1. The molecule has 0 fully saturated rings. The van der Waals surface area contributed by atoms with Gasteiger partial charge in [0.25, 0.3) is 0 Å². The molecule has 0 amide bonds. The van der Waals surface area contributed by atoms with Crippen LogP contribution < -0.4 is 4.74 Å². The van der Waals surface area contributed by atoms with Gasteiger partial charge in [0.15, 0.2) is 6.29 Å². The summed E-state index contributed by atoms with van der Waals surface area (Å²) >= 11 is 0. The van der Waals surface area contributed by atoms with E-state index in [1.54, 1.807) is 18.9 Å². The van der Waals surface area contributed by atoms with E-state index in [0.717, 1.165) is 18.5 Å². The summed E-state index contributed by atoms with van der Waals surface area (Å²) in [5.74, 6) is 0.699. The highest BCUT2D eigenvalue weighted by Crippen LogP contribution is 2.22. The van der Waals surface area contributed by atoms with E-state index in [9.17, 15) is 10.2 Å². The zero-order chi connectivity index (χ0) is 15.9. The molecule has 2 N–H and O–H groups in total. The summed E-state index contributed by atoms with van der Waals surface area (Å²) in [6.45, 7) is 0.664. The van der Waals surface area contributed by atoms with Crippen molar-refractivity contribution >= 4 is 0 Å². The van der Waals surface area contributed by atoms with Crippen molar-refractivity contribution in [2.24, 2.45) is 0 Å². The fraction of sp³-hybridized carbons (Fsp3) is 0.467. The van der Waals surface area contributed by atoms with Crippen LogP contribution in [-0.4, -0.2) is 46.0 Å². The summed E-state index contributed by atoms with van der Waals surface area (Å²) in [6.07, 6.45) is 0.698. The number of aromatic nitrogens is 3. The number of nitrogens with zero attached hydrogens (tertiary/aromatic N) is 3. The van der Waals surface area contributed by atoms with Crippen LogP contribution in [-0.2, 0) is 11.2 Å². The Balaban J connectivity index is 2.29. The molecule has 0 spiro atoms. The Bertz CT molecular complexity index is 598. The standard InChI is InChI=1S/C15H21N3O4/c1-21-9-4-3-8-13-14(15(19)20)16-17-18(13)11-6-5-7-12(10-11)22-2/h5-7,10,15,19-20H,3-4,8-9H2,1-2H3. The minimum absolute atomic E-state index is 0.181. The smallest absolute Gasteiger partial charge is 0.199 e. The second kappa shape index (κ2) is 7.88. The third-order valence-electron chi connectivity index (χ3n) is 3.35. The number of ether oxygens (including phenoxy) is 2. The third kappa shape index (κ3) is 3.82. The highest BCUT2D eigenvalue weighted by molar-refractivity contribution is 5.40. The normalized spacial score (nSPS) is 11.1. The Kier molecular flexibility index (Phi) is 5.88. The Morgan fingerprint density at radius 2 is 2.05 bits per heavy atom. The fourth-order valence-electron chi connectivity index (χ4n) is 2.24. The Labute approximate surface area is 129 Å². The predicted octanol–water partition coefficient (Wildman–Crippen LogP) is 1.23. The van der Waals surface area contributed by atoms with Crippen LogP contribution in [0.4, 0.5) is 0 Å². The molecule has 0 saturated heterocycles. The number of hydrogen-bond donors (Lipinski definition) is 2. The molecule has 120 valence electrons. The predicted molar refractivity (Wildman–Crippen MR) is 79.9 cm³/mol. The molecule has 22 heavy (non-hydrogen) atoms. The highest BCUT2D eigenvalue weighted by atomic mass is 16.5. The van der Waals surface area contributed by atoms with Gasteiger partial charge in [0, 0.05) is 19.8 Å². The lowest BCUT2D eigenvalue weighted by Gasteiger charge is -2.10. The molecule has 1 aromatic heterocycles. The largest absolute Gasteiger partial charge is 0.497 e. The van der Waals surface area contributed by atoms with Crippen LogP contribution in [0.15, 0.2) is 24.3 Å². The Morgan fingerprint density at radius 3 is 2.73 bits per heavy atom. The van der Waals surface area contributed by atoms with Crippen LogP contribution in [0, 0.1) is 0 Å². The molecule has 0 saturated carbocycles. The molecule has 0 aliphatic rings. The molecule has 0 aliphatic heterocycles. The van der Waals surface area contributed by atoms with Gasteiger partial charge in [-0.15, -0.1) is 5.10 Å². The first-order valence-corrected chi connectivity index (χ1v) is 7.11. The van der Waals surface area contributed by atoms with E-state index < -0.39 is 6.29 Å². The van der Waals surface area contributed by atoms with E-state index in [4.69, 9.17) is 9.47 Å². The number of unbranched alkanes of at least 4 members (excludes halogenated alkanes) is 1. The second-order valence-corrected chi connectivity index (χ2v) is 4.86. The fourth-order valence-corrected chi connectivity index (χ4v) is 2.24. The maximum Gasteiger partial charge on any atom is 0.199 e. The van der Waals surface area contributed by atoms with Crippen LogP contribution in [0.3, 0.4) is 0 Å². The lowest BCUT2D eigenvalue weighted by molar-refractivity contribution is -0.0465. The van der Waals surface area contributed by atoms with Crippen molar-refractivity contribution in [2.75, 3.05) is 20.8 Å². The van der Waals surface area contributed by atoms with Gasteiger partial charge in [-0.1, -0.05) is 11.3 Å². The lowest BCUT2D eigenvalue weighted by atomic mass is 10.1. The molecule has 0 bridgehead atoms. The molecule has 7 nitrogen and oxygen atoms in total. The van der Waals surface area contributed by atoms with Gasteiger partial charge in [0.1, 0.15) is 11.4 Å². The highest BCUT2D eigenvalue weighted by Gasteiger charge is 2.19. The first-order chi connectivity index (χ1) is 10.7. The summed E-state index contributed by atoms with van der Waals surface area (Å²) < 4.78 is 11.9. The number of hydrogen-bond acceptors (Lipinski definition) is 6. The lowest BCUT2D eigenvalue weighted by Crippen LogP contribution is -2.07. The molecule has 2 rings (SSSR count). The van der Waals surface area contributed by atoms with Gasteiger partial charge in [0.05, 0.1) is 18.5 Å². The molecular weight excluding hydrogens is 286 g/mol. The van der Waals surface area contributed by atoms with Crippen molar-refractivity contribution in [3.63, 3.8) is 0 Å². The van der Waals surface area contributed by atoms with Gasteiger partial charge in [-0.05, 0) is 31.4 Å². The number of aliphatic hydroxyl groups excluding tert-OH is 1. The van der Waals surface area contributed by atoms with Gasteiger partial charge in [-0.3, -0.25) is 0 Å². The molecule has 0 atom stereocenters. The van der Waals surface area contributed by atoms with E-state index in [2.05, 4.69) is 10.3 Å². The van der Waals surface area contributed by atoms with E-state index in [1.165, 1.54) is 0 Å². The molecule has 0 radical (unpaired) electrons. The minimum Gasteiger partial charge on any atom is -0.497 e. The summed E-state index contributed by atoms with van der Waals surface area (Å²) in [5.41, 5.74) is 1.63. The van der Waals surface area contributed by atoms with Crippen molar-refractivity contribution in [3.8, 4) is 11.4 Å². The van der Waals surface area contributed by atoms with E-state index >= 15 is 0 Å². The summed E-state index contributed by atoms with van der Waals surface area (Å²) in [6, 6.07) is 7.37. The van der Waals surface area contributed by atoms with Gasteiger partial charge in [0.2, 0.25) is 0 Å². The number of methoxy groups -OCH3 is 2. The maximum absolute atomic E-state index is 9.46. The molecule has 1 heterocycles. The molecule has 7 heteroatoms. The average molecular weight is 307 g/mol. The quantitative estimate of drug-likeness (QED) is 0.563. The number of rotatable bonds is 8. The third-order valence-corrected chi connectivity index (χ3v) is 3.35. The van der Waals surface area contributed by atoms with E-state index in [0.29, 0.717) is 24.5 Å². The van der Waals surface area contributed by atoms with Crippen LogP contribution in [0.2, 0.25) is 0 Å². The average Bonchev–Trinajstić information content (AvgIpc) is 2.95. The van der Waals surface area contributed by atoms with Crippen molar-refractivity contribution < 1.29 is 19.7 Å². The van der Waals surface area contributed by atoms with E-state index in [-0.39, 0.29) is 5.69 Å². The summed E-state index contributed by atoms with van der Waals surface area (Å²) in [7, 11) is 3.25. The number of aliphatic hydroxyl groups is 2. The van der Waals surface area contributed by atoms with Gasteiger partial charge in [-0.25, -0.2) is 4.68 Å². The Morgan fingerprint density at radius 1 is 1.23 bits per heavy atom. The van der Waals surface area contributed by atoms with Crippen molar-refractivity contribution in [2.45, 2.75) is 25.6 Å². The molecular formula is C15H21N3O4. The summed E-state index contributed by atoms with van der Waals surface area (Å²) in [4.78, 5) is 0. The molecule has 0 unspecified atom stereocenters. The topological polar surface area (TPSA) is 89.6 Å². The molecule has 0 aliphatic carbocycles. The van der Waals surface area contributed by atoms with Crippen molar-refractivity contribution in [1.29, 1.82) is 0 Å². The van der Waals surface area contributed by atoms with Crippen LogP contribution >= 0.6 is 0 Å². The van der Waals surface area contributed by atoms with Crippen LogP contribution in [0.25, 0.3) is 5.69 Å². The molecule has 1 aromatic carbocycles. The maximum atomic E-state index is 9.46. The zero-order valence-corrected chi connectivity index (χ0v) is 12.8. The summed E-state index contributed by atoms with van der Waals surface area (Å²) in [5, 5.41) is 26.8. The van der Waals surface area contributed by atoms with Crippen LogP contribution in [0.5, 0.6) is 5.75 Å². The SMILES string of the molecule is COCCCCc1c(C(O)O)nnn1-c1cccc(OC)c1.